The summed E-state index contributed by atoms with van der Waals surface area (Å²) >= 11 is 4.45. The molecule has 0 saturated carbocycles. The maximum absolute atomic E-state index is 13.7. The second-order valence-corrected chi connectivity index (χ2v) is 17.8. The van der Waals surface area contributed by atoms with E-state index in [4.69, 9.17) is 0 Å². The van der Waals surface area contributed by atoms with Crippen molar-refractivity contribution in [2.45, 2.75) is 73.9 Å². The van der Waals surface area contributed by atoms with Crippen molar-refractivity contribution < 1.29 is 39.0 Å². The van der Waals surface area contributed by atoms with Gasteiger partial charge in [-0.1, -0.05) is 74.5 Å². The molecule has 14 nitrogen and oxygen atoms in total. The Bertz CT molecular complexity index is 1820. The predicted octanol–water partition coefficient (Wildman–Crippen LogP) is 2.39. The smallest absolute Gasteiger partial charge is 0.326 e. The zero-order valence-corrected chi connectivity index (χ0v) is 32.4. The van der Waals surface area contributed by atoms with Crippen LogP contribution in [0, 0.1) is 11.8 Å². The highest BCUT2D eigenvalue weighted by atomic mass is 32.2. The molecule has 4 fully saturated rings. The number of carbonyl (C=O) groups excluding carboxylic acids is 4. The van der Waals surface area contributed by atoms with Crippen LogP contribution in [0.3, 0.4) is 0 Å². The summed E-state index contributed by atoms with van der Waals surface area (Å²) in [6, 6.07) is 17.2. The van der Waals surface area contributed by atoms with Gasteiger partial charge < -0.3 is 30.6 Å². The molecule has 4 amide bonds. The lowest BCUT2D eigenvalue weighted by molar-refractivity contribution is -0.165. The van der Waals surface area contributed by atoms with Crippen LogP contribution < -0.4 is 21.3 Å². The van der Waals surface area contributed by atoms with Crippen molar-refractivity contribution in [3.63, 3.8) is 0 Å². The third-order valence-electron chi connectivity index (χ3n) is 10.5. The number of hydrogen-bond donors (Lipinski definition) is 6. The largest absolute Gasteiger partial charge is 0.480 e. The van der Waals surface area contributed by atoms with Gasteiger partial charge in [0.25, 0.3) is 0 Å². The zero-order valence-electron chi connectivity index (χ0n) is 30.0. The average Bonchev–Trinajstić information content (AvgIpc) is 3.64. The Morgan fingerprint density at radius 3 is 1.40 bits per heavy atom. The molecule has 1 aromatic heterocycles. The Morgan fingerprint density at radius 1 is 0.655 bits per heavy atom. The number of fused-ring (bicyclic) bond motifs is 2. The fraction of sp³-hybridized carbons (Fsp3) is 0.421. The molecule has 290 valence electrons. The van der Waals surface area contributed by atoms with Gasteiger partial charge in [0.05, 0.1) is 0 Å². The highest BCUT2D eigenvalue weighted by molar-refractivity contribution is 8.00. The van der Waals surface area contributed by atoms with Gasteiger partial charge in [0.15, 0.2) is 0 Å². The van der Waals surface area contributed by atoms with Crippen LogP contribution in [0.4, 0.5) is 0 Å². The van der Waals surface area contributed by atoms with Gasteiger partial charge >= 0.3 is 11.9 Å². The van der Waals surface area contributed by atoms with Gasteiger partial charge in [-0.05, 0) is 35.1 Å². The molecule has 55 heavy (non-hydrogen) atoms. The number of benzene rings is 2. The summed E-state index contributed by atoms with van der Waals surface area (Å²) in [6.07, 6.45) is 0. The van der Waals surface area contributed by atoms with Crippen LogP contribution in [0.5, 0.6) is 0 Å². The lowest BCUT2D eigenvalue weighted by Crippen LogP contribution is -2.75. The van der Waals surface area contributed by atoms with E-state index in [0.717, 1.165) is 9.75 Å². The molecule has 6 N–H and O–H groups in total. The second kappa shape index (κ2) is 16.4. The van der Waals surface area contributed by atoms with E-state index in [1.54, 1.807) is 0 Å². The molecule has 10 atom stereocenters. The molecule has 4 aliphatic heterocycles. The number of carboxylic acids is 2. The number of nitrogens with one attached hydrogen (secondary N) is 4. The zero-order chi connectivity index (χ0) is 39.0. The van der Waals surface area contributed by atoms with Crippen molar-refractivity contribution in [3.8, 4) is 0 Å². The molecule has 4 aliphatic rings. The number of rotatable bonds is 14. The van der Waals surface area contributed by atoms with Crippen LogP contribution in [0.15, 0.2) is 72.8 Å². The molecular formula is C38H42N6O8S3. The Hall–Kier alpha value is -4.42. The number of hydrogen-bond acceptors (Lipinski definition) is 11. The summed E-state index contributed by atoms with van der Waals surface area (Å²) in [5, 5.41) is 31.0. The van der Waals surface area contributed by atoms with Crippen molar-refractivity contribution >= 4 is 70.4 Å². The fourth-order valence-electron chi connectivity index (χ4n) is 7.64. The topological polar surface area (TPSA) is 197 Å². The molecule has 0 radical (unpaired) electrons. The minimum absolute atomic E-state index is 0.204. The monoisotopic (exact) mass is 806 g/mol. The van der Waals surface area contributed by atoms with Crippen molar-refractivity contribution in [2.75, 3.05) is 11.5 Å². The number of nitrogens with zero attached hydrogens (tertiary/aromatic N) is 2. The van der Waals surface area contributed by atoms with E-state index in [-0.39, 0.29) is 11.8 Å². The highest BCUT2D eigenvalue weighted by Crippen LogP contribution is 2.42. The summed E-state index contributed by atoms with van der Waals surface area (Å²) in [4.78, 5) is 82.1. The number of carbonyl (C=O) groups is 6. The maximum atomic E-state index is 13.7. The lowest BCUT2D eigenvalue weighted by atomic mass is 9.94. The molecule has 3 aromatic rings. The van der Waals surface area contributed by atoms with E-state index in [1.807, 2.05) is 86.6 Å². The van der Waals surface area contributed by atoms with E-state index in [2.05, 4.69) is 21.3 Å². The van der Waals surface area contributed by atoms with E-state index >= 15 is 0 Å². The summed E-state index contributed by atoms with van der Waals surface area (Å²) in [6.45, 7) is 4.28. The third kappa shape index (κ3) is 7.72. The molecule has 4 saturated heterocycles. The first-order chi connectivity index (χ1) is 26.4. The van der Waals surface area contributed by atoms with Crippen molar-refractivity contribution in [1.82, 2.24) is 31.1 Å². The van der Waals surface area contributed by atoms with E-state index in [1.165, 1.54) is 44.7 Å². The van der Waals surface area contributed by atoms with E-state index in [9.17, 15) is 39.0 Å². The molecule has 0 bridgehead atoms. The summed E-state index contributed by atoms with van der Waals surface area (Å²) in [7, 11) is 0. The molecular weight excluding hydrogens is 765 g/mol. The first-order valence-electron chi connectivity index (χ1n) is 18.0. The van der Waals surface area contributed by atoms with Gasteiger partial charge in [0.2, 0.25) is 23.6 Å². The average molecular weight is 807 g/mol. The summed E-state index contributed by atoms with van der Waals surface area (Å²) in [5.41, 5.74) is 1.42. The third-order valence-corrected chi connectivity index (χ3v) is 14.7. The Kier molecular flexibility index (Phi) is 11.6. The van der Waals surface area contributed by atoms with Crippen LogP contribution in [0.2, 0.25) is 0 Å². The van der Waals surface area contributed by atoms with Crippen molar-refractivity contribution in [1.29, 1.82) is 0 Å². The number of carboxylic acid groups (broad SMARTS) is 2. The van der Waals surface area contributed by atoms with Gasteiger partial charge in [-0.25, -0.2) is 9.59 Å². The Balaban J connectivity index is 0.982. The quantitative estimate of drug-likeness (QED) is 0.130. The maximum Gasteiger partial charge on any atom is 0.326 e. The van der Waals surface area contributed by atoms with Crippen LogP contribution in [-0.4, -0.2) is 102 Å². The van der Waals surface area contributed by atoms with Crippen LogP contribution in [0.25, 0.3) is 0 Å². The molecule has 17 heteroatoms. The molecule has 2 aromatic carbocycles. The molecule has 8 unspecified atom stereocenters. The first-order valence-corrected chi connectivity index (χ1v) is 20.9. The van der Waals surface area contributed by atoms with Gasteiger partial charge in [-0.3, -0.25) is 29.8 Å². The molecule has 0 spiro atoms. The molecule has 7 rings (SSSR count). The predicted molar refractivity (Wildman–Crippen MR) is 208 cm³/mol. The van der Waals surface area contributed by atoms with E-state index in [0.29, 0.717) is 35.7 Å². The van der Waals surface area contributed by atoms with Crippen molar-refractivity contribution in [2.24, 2.45) is 11.8 Å². The minimum Gasteiger partial charge on any atom is -0.480 e. The van der Waals surface area contributed by atoms with Gasteiger partial charge in [0.1, 0.15) is 47.0 Å². The van der Waals surface area contributed by atoms with Crippen LogP contribution in [0.1, 0.15) is 46.8 Å². The van der Waals surface area contributed by atoms with E-state index < -0.39 is 82.6 Å². The molecule has 5 heterocycles. The number of β-lactam (4-membered cyclic amide) rings is 2. The van der Waals surface area contributed by atoms with Gasteiger partial charge in [0, 0.05) is 34.3 Å². The van der Waals surface area contributed by atoms with Crippen LogP contribution in [-0.2, 0) is 41.9 Å². The SMILES string of the molecule is CC1CSC2C(NC(=O)[C@@H](NCc3ccc(CN[C@@H](C(=O)NC4C(=O)N5C4SCC(C)C5C(=O)O)c4ccccc4)s3)c3ccccc3)C(=O)N2C1C(=O)O. The van der Waals surface area contributed by atoms with Crippen molar-refractivity contribution in [3.05, 3.63) is 93.7 Å². The number of amides is 4. The Labute approximate surface area is 330 Å². The summed E-state index contributed by atoms with van der Waals surface area (Å²) < 4.78 is 0. The second-order valence-electron chi connectivity index (χ2n) is 14.2. The van der Waals surface area contributed by atoms with Crippen LogP contribution >= 0.6 is 34.9 Å². The normalized spacial score (nSPS) is 28.1. The highest BCUT2D eigenvalue weighted by Gasteiger charge is 2.58. The summed E-state index contributed by atoms with van der Waals surface area (Å²) in [5.74, 6) is -2.94. The van der Waals surface area contributed by atoms with Gasteiger partial charge in [-0.15, -0.1) is 34.9 Å². The number of aliphatic carboxylic acids is 2. The fourth-order valence-corrected chi connectivity index (χ4v) is 11.5. The lowest BCUT2D eigenvalue weighted by Gasteiger charge is -2.53. The standard InChI is InChI=1S/C38H42N6O8S3/c1-19-17-53-35-27(33(47)43(35)29(19)37(49)50)41-31(45)25(21-9-5-3-6-10-21)39-15-23-13-14-24(55-23)16-40-26(22-11-7-4-8-12-22)32(46)42-28-34(48)44-30(38(51)52)20(2)18-54-36(28)44/h3-14,19-20,25-30,35-36,39-40H,15-18H2,1-2H3,(H,41,45)(H,42,46)(H,49,50)(H,51,52)/t19?,20?,25-,26+,27?,28?,29?,30?,35?,36?. The Morgan fingerprint density at radius 2 is 1.04 bits per heavy atom. The minimum atomic E-state index is -1.05. The van der Waals surface area contributed by atoms with Gasteiger partial charge in [-0.2, -0.15) is 0 Å². The number of thioether (sulfide) groups is 2. The molecule has 0 aliphatic carbocycles. The number of thiophene rings is 1. The first kappa shape index (κ1) is 38.8.